The third-order valence-corrected chi connectivity index (χ3v) is 6.34. The van der Waals surface area contributed by atoms with Crippen molar-refractivity contribution in [1.82, 2.24) is 5.32 Å². The largest absolute Gasteiger partial charge is 0.461 e. The topological polar surface area (TPSA) is 72.5 Å². The predicted molar refractivity (Wildman–Crippen MR) is 163 cm³/mol. The Balaban J connectivity index is 0.000000313. The zero-order valence-electron chi connectivity index (χ0n) is 23.6. The number of hydrogen-bond donors (Lipinski definition) is 1. The maximum Gasteiger partial charge on any atom is 0.416 e. The average Bonchev–Trinajstić information content (AvgIpc) is 2.98. The van der Waals surface area contributed by atoms with Crippen LogP contribution in [0.25, 0.3) is 0 Å². The minimum atomic E-state index is -4.34. The first-order chi connectivity index (χ1) is 20.1. The fourth-order valence-electron chi connectivity index (χ4n) is 4.28. The van der Waals surface area contributed by atoms with Gasteiger partial charge in [-0.15, -0.1) is 19.0 Å². The number of esters is 1. The highest BCUT2D eigenvalue weighted by Crippen LogP contribution is 2.30. The van der Waals surface area contributed by atoms with E-state index in [1.54, 1.807) is 36.4 Å². The summed E-state index contributed by atoms with van der Waals surface area (Å²) in [6, 6.07) is 23.5. The summed E-state index contributed by atoms with van der Waals surface area (Å²) >= 11 is 0. The van der Waals surface area contributed by atoms with Gasteiger partial charge >= 0.3 is 12.1 Å². The quantitative estimate of drug-likeness (QED) is 0.115. The normalized spacial score (nSPS) is 13.9. The third-order valence-electron chi connectivity index (χ3n) is 6.34. The van der Waals surface area contributed by atoms with Crippen molar-refractivity contribution in [2.45, 2.75) is 31.5 Å². The number of benzene rings is 3. The molecule has 1 aliphatic carbocycles. The molecule has 1 N–H and O–H groups in total. The highest BCUT2D eigenvalue weighted by Gasteiger charge is 2.30. The summed E-state index contributed by atoms with van der Waals surface area (Å²) in [4.78, 5) is 34.8. The summed E-state index contributed by atoms with van der Waals surface area (Å²) in [7, 11) is 0. The highest BCUT2D eigenvalue weighted by atomic mass is 35.5. The Labute approximate surface area is 255 Å². The van der Waals surface area contributed by atoms with Crippen molar-refractivity contribution in [3.8, 4) is 0 Å². The van der Waals surface area contributed by atoms with Crippen molar-refractivity contribution in [2.75, 3.05) is 13.2 Å². The van der Waals surface area contributed by atoms with E-state index < -0.39 is 17.7 Å². The number of alkyl halides is 3. The van der Waals surface area contributed by atoms with Gasteiger partial charge in [-0.25, -0.2) is 4.79 Å². The van der Waals surface area contributed by atoms with E-state index in [4.69, 9.17) is 4.74 Å². The van der Waals surface area contributed by atoms with Crippen LogP contribution in [0.4, 0.5) is 13.2 Å². The van der Waals surface area contributed by atoms with Gasteiger partial charge in [-0.1, -0.05) is 72.8 Å². The van der Waals surface area contributed by atoms with E-state index >= 15 is 0 Å². The first-order valence-electron chi connectivity index (χ1n) is 13.4. The number of rotatable bonds is 10. The maximum absolute atomic E-state index is 12.7. The molecule has 0 amide bonds. The molecule has 9 heteroatoms. The van der Waals surface area contributed by atoms with Crippen molar-refractivity contribution in [2.24, 2.45) is 0 Å². The molecular weight excluding hydrogens is 579 g/mol. The minimum absolute atomic E-state index is 0. The molecule has 3 aromatic carbocycles. The molecule has 0 spiro atoms. The van der Waals surface area contributed by atoms with Gasteiger partial charge in [0.25, 0.3) is 0 Å². The maximum atomic E-state index is 12.7. The van der Waals surface area contributed by atoms with E-state index in [0.717, 1.165) is 17.7 Å². The molecule has 2 atom stereocenters. The van der Waals surface area contributed by atoms with Crippen LogP contribution >= 0.6 is 12.4 Å². The summed E-state index contributed by atoms with van der Waals surface area (Å²) in [6.07, 6.45) is 1.80. The number of carbonyl (C=O) groups excluding carboxylic acids is 3. The molecule has 0 bridgehead atoms. The number of nitrogens with one attached hydrogen (secondary N) is 1. The number of carbonyl (C=O) groups is 3. The average molecular weight is 612 g/mol. The number of hydrogen-bond acceptors (Lipinski definition) is 5. The van der Waals surface area contributed by atoms with Crippen LogP contribution < -0.4 is 5.32 Å². The van der Waals surface area contributed by atoms with E-state index in [1.165, 1.54) is 24.3 Å². The van der Waals surface area contributed by atoms with Gasteiger partial charge in [-0.3, -0.25) is 9.59 Å². The molecule has 5 nitrogen and oxygen atoms in total. The Morgan fingerprint density at radius 1 is 0.953 bits per heavy atom. The standard InChI is InChI=1S/C19H20F3NO2.C15H12O2.ClH/c1-14(12-15-6-5-9-17(13-15)19(20,21)22)23-10-11-25-18(24)16-7-3-2-4-8-16;1-2-13(11-6-4-3-5-7-11)14-10-12(16)8-9-15(14)17;/h2-9,13-14,23H,10-12H2,1H3;2-10,13H,1H2;1H. The van der Waals surface area contributed by atoms with E-state index in [2.05, 4.69) is 11.9 Å². The summed E-state index contributed by atoms with van der Waals surface area (Å²) in [5.74, 6) is -0.897. The number of halogens is 4. The predicted octanol–water partition coefficient (Wildman–Crippen LogP) is 7.10. The first kappa shape index (κ1) is 34.9. The number of ketones is 2. The lowest BCUT2D eigenvalue weighted by Gasteiger charge is -2.16. The van der Waals surface area contributed by atoms with Crippen molar-refractivity contribution in [3.63, 3.8) is 0 Å². The van der Waals surface area contributed by atoms with Crippen LogP contribution in [0.1, 0.15) is 39.9 Å². The lowest BCUT2D eigenvalue weighted by atomic mass is 9.86. The van der Waals surface area contributed by atoms with E-state index in [0.29, 0.717) is 29.7 Å². The summed E-state index contributed by atoms with van der Waals surface area (Å²) in [6.45, 7) is 6.24. The second-order valence-corrected chi connectivity index (χ2v) is 9.58. The van der Waals surface area contributed by atoms with Gasteiger partial charge in [0.2, 0.25) is 0 Å². The summed E-state index contributed by atoms with van der Waals surface area (Å²) < 4.78 is 43.3. The van der Waals surface area contributed by atoms with Gasteiger partial charge < -0.3 is 10.1 Å². The van der Waals surface area contributed by atoms with E-state index in [-0.39, 0.29) is 42.5 Å². The lowest BCUT2D eigenvalue weighted by Crippen LogP contribution is -2.31. The zero-order chi connectivity index (χ0) is 30.5. The van der Waals surface area contributed by atoms with Crippen LogP contribution in [0.3, 0.4) is 0 Å². The summed E-state index contributed by atoms with van der Waals surface area (Å²) in [5, 5.41) is 3.14. The van der Waals surface area contributed by atoms with Crippen LogP contribution in [0.5, 0.6) is 0 Å². The third kappa shape index (κ3) is 11.1. The van der Waals surface area contributed by atoms with Crippen molar-refractivity contribution < 1.29 is 32.3 Å². The van der Waals surface area contributed by atoms with Crippen LogP contribution in [0.15, 0.2) is 121 Å². The van der Waals surface area contributed by atoms with Crippen LogP contribution in [0.2, 0.25) is 0 Å². The fraction of sp³-hybridized carbons (Fsp3) is 0.206. The second kappa shape index (κ2) is 17.0. The minimum Gasteiger partial charge on any atom is -0.461 e. The van der Waals surface area contributed by atoms with Crippen molar-refractivity contribution >= 4 is 29.9 Å². The van der Waals surface area contributed by atoms with Gasteiger partial charge in [0.15, 0.2) is 11.6 Å². The Morgan fingerprint density at radius 3 is 2.23 bits per heavy atom. The molecule has 43 heavy (non-hydrogen) atoms. The van der Waals surface area contributed by atoms with Gasteiger partial charge in [0.05, 0.1) is 11.1 Å². The molecule has 0 fully saturated rings. The molecule has 1 aliphatic rings. The summed E-state index contributed by atoms with van der Waals surface area (Å²) in [5.41, 5.74) is 1.90. The molecule has 4 rings (SSSR count). The Bertz CT molecular complexity index is 1440. The number of ether oxygens (including phenoxy) is 1. The molecule has 3 aromatic rings. The molecule has 226 valence electrons. The lowest BCUT2D eigenvalue weighted by molar-refractivity contribution is -0.137. The van der Waals surface area contributed by atoms with Gasteiger partial charge in [0.1, 0.15) is 6.61 Å². The SMILES string of the molecule is C=CC(C1=CC(=O)C=CC1=O)c1ccccc1.CC(Cc1cccc(C(F)(F)F)c1)NCCOC(=O)c1ccccc1.Cl. The van der Waals surface area contributed by atoms with Crippen LogP contribution in [-0.2, 0) is 26.9 Å². The molecule has 2 unspecified atom stereocenters. The number of allylic oxidation sites excluding steroid dienone is 5. The van der Waals surface area contributed by atoms with Crippen molar-refractivity contribution in [3.05, 3.63) is 144 Å². The van der Waals surface area contributed by atoms with Gasteiger partial charge in [0, 0.05) is 24.1 Å². The Morgan fingerprint density at radius 2 is 1.60 bits per heavy atom. The van der Waals surface area contributed by atoms with Crippen LogP contribution in [-0.4, -0.2) is 36.7 Å². The molecule has 0 heterocycles. The van der Waals surface area contributed by atoms with Gasteiger partial charge in [-0.2, -0.15) is 13.2 Å². The molecular formula is C34H33ClF3NO4. The van der Waals surface area contributed by atoms with Crippen LogP contribution in [0, 0.1) is 0 Å². The molecule has 0 radical (unpaired) electrons. The Kier molecular flexibility index (Phi) is 13.8. The van der Waals surface area contributed by atoms with E-state index in [9.17, 15) is 27.6 Å². The first-order valence-corrected chi connectivity index (χ1v) is 13.4. The van der Waals surface area contributed by atoms with Gasteiger partial charge in [-0.05, 0) is 60.9 Å². The Hall–Kier alpha value is -4.27. The fourth-order valence-corrected chi connectivity index (χ4v) is 4.28. The highest BCUT2D eigenvalue weighted by molar-refractivity contribution is 6.18. The monoisotopic (exact) mass is 611 g/mol. The smallest absolute Gasteiger partial charge is 0.416 e. The second-order valence-electron chi connectivity index (χ2n) is 9.58. The molecule has 0 aromatic heterocycles. The van der Waals surface area contributed by atoms with Crippen molar-refractivity contribution in [1.29, 1.82) is 0 Å². The van der Waals surface area contributed by atoms with E-state index in [1.807, 2.05) is 43.3 Å². The molecule has 0 saturated heterocycles. The molecule has 0 saturated carbocycles. The zero-order valence-corrected chi connectivity index (χ0v) is 24.4. The molecule has 0 aliphatic heterocycles.